The molecular formula is C13H17ClO. The van der Waals surface area contributed by atoms with E-state index in [0.717, 1.165) is 25.2 Å². The molecule has 1 nitrogen and oxygen atoms in total. The molecule has 2 unspecified atom stereocenters. The quantitative estimate of drug-likeness (QED) is 0.707. The summed E-state index contributed by atoms with van der Waals surface area (Å²) in [5, 5.41) is 0.158. The van der Waals surface area contributed by atoms with Crippen LogP contribution in [0.5, 0.6) is 5.75 Å². The van der Waals surface area contributed by atoms with Crippen molar-refractivity contribution in [2.24, 2.45) is 5.92 Å². The highest BCUT2D eigenvalue weighted by Gasteiger charge is 2.27. The molecule has 15 heavy (non-hydrogen) atoms. The molecule has 0 aliphatic heterocycles. The van der Waals surface area contributed by atoms with Crippen LogP contribution in [0.15, 0.2) is 18.2 Å². The molecule has 0 N–H and O–H groups in total. The Morgan fingerprint density at radius 1 is 1.47 bits per heavy atom. The van der Waals surface area contributed by atoms with E-state index in [0.29, 0.717) is 5.92 Å². The monoisotopic (exact) mass is 224 g/mol. The molecule has 2 heteroatoms. The minimum atomic E-state index is 0.158. The average Bonchev–Trinajstić information content (AvgIpc) is 2.52. The third-order valence-corrected chi connectivity index (χ3v) is 3.59. The van der Waals surface area contributed by atoms with Crippen molar-refractivity contribution in [1.29, 1.82) is 0 Å². The van der Waals surface area contributed by atoms with Crippen LogP contribution >= 0.6 is 11.6 Å². The Morgan fingerprint density at radius 3 is 3.00 bits per heavy atom. The van der Waals surface area contributed by atoms with Gasteiger partial charge < -0.3 is 4.74 Å². The van der Waals surface area contributed by atoms with Crippen molar-refractivity contribution in [1.82, 2.24) is 0 Å². The van der Waals surface area contributed by atoms with Crippen molar-refractivity contribution < 1.29 is 4.74 Å². The molecule has 0 amide bonds. The fourth-order valence-corrected chi connectivity index (χ4v) is 2.37. The molecular weight excluding hydrogens is 208 g/mol. The van der Waals surface area contributed by atoms with Crippen molar-refractivity contribution in [3.8, 4) is 5.75 Å². The van der Waals surface area contributed by atoms with Gasteiger partial charge in [-0.15, -0.1) is 11.6 Å². The summed E-state index contributed by atoms with van der Waals surface area (Å²) in [6.45, 7) is 5.09. The zero-order chi connectivity index (χ0) is 10.8. The van der Waals surface area contributed by atoms with E-state index in [1.807, 2.05) is 0 Å². The Morgan fingerprint density at radius 2 is 2.27 bits per heavy atom. The van der Waals surface area contributed by atoms with E-state index in [9.17, 15) is 0 Å². The van der Waals surface area contributed by atoms with Crippen molar-refractivity contribution in [3.63, 3.8) is 0 Å². The molecule has 2 rings (SSSR count). The molecule has 2 atom stereocenters. The fraction of sp³-hybridized carbons (Fsp3) is 0.538. The average molecular weight is 225 g/mol. The molecule has 0 heterocycles. The maximum absolute atomic E-state index is 6.34. The van der Waals surface area contributed by atoms with Crippen LogP contribution in [-0.4, -0.2) is 6.61 Å². The number of benzene rings is 1. The minimum Gasteiger partial charge on any atom is -0.494 e. The van der Waals surface area contributed by atoms with E-state index in [2.05, 4.69) is 32.0 Å². The molecule has 1 aliphatic rings. The third-order valence-electron chi connectivity index (χ3n) is 2.93. The summed E-state index contributed by atoms with van der Waals surface area (Å²) < 4.78 is 5.61. The summed E-state index contributed by atoms with van der Waals surface area (Å²) in [5.74, 6) is 1.50. The maximum Gasteiger partial charge on any atom is 0.119 e. The number of fused-ring (bicyclic) bond motifs is 1. The Bertz CT molecular complexity index is 348. The Labute approximate surface area is 96.4 Å². The predicted octanol–water partition coefficient (Wildman–Crippen LogP) is 3.95. The first-order valence-electron chi connectivity index (χ1n) is 5.62. The molecule has 1 aromatic rings. The lowest BCUT2D eigenvalue weighted by Gasteiger charge is -2.09. The van der Waals surface area contributed by atoms with Gasteiger partial charge in [-0.2, -0.15) is 0 Å². The Balaban J connectivity index is 2.20. The van der Waals surface area contributed by atoms with Gasteiger partial charge in [0.15, 0.2) is 0 Å². The summed E-state index contributed by atoms with van der Waals surface area (Å²) in [6.07, 6.45) is 2.13. The highest BCUT2D eigenvalue weighted by molar-refractivity contribution is 6.21. The van der Waals surface area contributed by atoms with E-state index in [4.69, 9.17) is 16.3 Å². The molecule has 0 aromatic heterocycles. The fourth-order valence-electron chi connectivity index (χ4n) is 2.08. The van der Waals surface area contributed by atoms with E-state index in [1.165, 1.54) is 11.1 Å². The first-order valence-corrected chi connectivity index (χ1v) is 6.05. The van der Waals surface area contributed by atoms with E-state index in [1.54, 1.807) is 0 Å². The third kappa shape index (κ3) is 2.12. The number of alkyl halides is 1. The molecule has 0 radical (unpaired) electrons. The van der Waals surface area contributed by atoms with Gasteiger partial charge in [-0.25, -0.2) is 0 Å². The van der Waals surface area contributed by atoms with Crippen LogP contribution < -0.4 is 4.74 Å². The van der Waals surface area contributed by atoms with Gasteiger partial charge in [0.1, 0.15) is 5.75 Å². The van der Waals surface area contributed by atoms with Gasteiger partial charge in [-0.3, -0.25) is 0 Å². The molecule has 1 aliphatic carbocycles. The predicted molar refractivity (Wildman–Crippen MR) is 63.7 cm³/mol. The normalized spacial score (nSPS) is 23.9. The molecule has 1 aromatic carbocycles. The van der Waals surface area contributed by atoms with Crippen molar-refractivity contribution in [2.75, 3.05) is 6.61 Å². The summed E-state index contributed by atoms with van der Waals surface area (Å²) in [7, 11) is 0. The highest BCUT2D eigenvalue weighted by Crippen LogP contribution is 2.41. The molecule has 82 valence electrons. The highest BCUT2D eigenvalue weighted by atomic mass is 35.5. The largest absolute Gasteiger partial charge is 0.494 e. The molecule has 0 spiro atoms. The van der Waals surface area contributed by atoms with E-state index >= 15 is 0 Å². The van der Waals surface area contributed by atoms with Crippen LogP contribution in [0.2, 0.25) is 0 Å². The second-order valence-electron chi connectivity index (χ2n) is 4.29. The number of hydrogen-bond donors (Lipinski definition) is 0. The zero-order valence-corrected chi connectivity index (χ0v) is 10.1. The SMILES string of the molecule is CCCOc1ccc2c(c1)C(Cl)C(C)C2. The van der Waals surface area contributed by atoms with Crippen molar-refractivity contribution in [3.05, 3.63) is 29.3 Å². The zero-order valence-electron chi connectivity index (χ0n) is 9.29. The second kappa shape index (κ2) is 4.44. The molecule has 0 saturated heterocycles. The van der Waals surface area contributed by atoms with Crippen LogP contribution in [0.1, 0.15) is 36.8 Å². The lowest BCUT2D eigenvalue weighted by Crippen LogP contribution is -1.97. The van der Waals surface area contributed by atoms with E-state index < -0.39 is 0 Å². The van der Waals surface area contributed by atoms with Gasteiger partial charge >= 0.3 is 0 Å². The maximum atomic E-state index is 6.34. The smallest absolute Gasteiger partial charge is 0.119 e. The van der Waals surface area contributed by atoms with Gasteiger partial charge in [-0.1, -0.05) is 19.9 Å². The topological polar surface area (TPSA) is 9.23 Å². The minimum absolute atomic E-state index is 0.158. The van der Waals surface area contributed by atoms with Gasteiger partial charge in [0.2, 0.25) is 0 Å². The summed E-state index contributed by atoms with van der Waals surface area (Å²) in [5.41, 5.74) is 2.64. The van der Waals surface area contributed by atoms with Crippen molar-refractivity contribution in [2.45, 2.75) is 32.1 Å². The first-order chi connectivity index (χ1) is 7.22. The number of halogens is 1. The van der Waals surface area contributed by atoms with Gasteiger partial charge in [-0.05, 0) is 42.0 Å². The summed E-state index contributed by atoms with van der Waals surface area (Å²) in [4.78, 5) is 0. The summed E-state index contributed by atoms with van der Waals surface area (Å²) >= 11 is 6.34. The van der Waals surface area contributed by atoms with E-state index in [-0.39, 0.29) is 5.38 Å². The number of hydrogen-bond acceptors (Lipinski definition) is 1. The Kier molecular flexibility index (Phi) is 3.20. The van der Waals surface area contributed by atoms with Crippen LogP contribution in [0.25, 0.3) is 0 Å². The lowest BCUT2D eigenvalue weighted by atomic mass is 10.1. The standard InChI is InChI=1S/C13H17ClO/c1-3-6-15-11-5-4-10-7-9(2)13(14)12(10)8-11/h4-5,8-9,13H,3,6-7H2,1-2H3. The van der Waals surface area contributed by atoms with Gasteiger partial charge in [0, 0.05) is 0 Å². The summed E-state index contributed by atoms with van der Waals surface area (Å²) in [6, 6.07) is 6.31. The number of rotatable bonds is 3. The van der Waals surface area contributed by atoms with Gasteiger partial charge in [0.05, 0.1) is 12.0 Å². The van der Waals surface area contributed by atoms with Crippen LogP contribution in [-0.2, 0) is 6.42 Å². The molecule has 0 bridgehead atoms. The molecule has 0 saturated carbocycles. The second-order valence-corrected chi connectivity index (χ2v) is 4.76. The van der Waals surface area contributed by atoms with Crippen molar-refractivity contribution >= 4 is 11.6 Å². The first kappa shape index (κ1) is 10.8. The Hall–Kier alpha value is -0.690. The number of ether oxygens (including phenoxy) is 1. The van der Waals surface area contributed by atoms with Crippen LogP contribution in [0, 0.1) is 5.92 Å². The van der Waals surface area contributed by atoms with Crippen LogP contribution in [0.4, 0.5) is 0 Å². The van der Waals surface area contributed by atoms with Crippen LogP contribution in [0.3, 0.4) is 0 Å². The lowest BCUT2D eigenvalue weighted by molar-refractivity contribution is 0.317. The van der Waals surface area contributed by atoms with Gasteiger partial charge in [0.25, 0.3) is 0 Å². The molecule has 0 fully saturated rings.